The molecule has 0 aromatic carbocycles. The van der Waals surface area contributed by atoms with Crippen molar-refractivity contribution in [3.05, 3.63) is 13.8 Å². The molecule has 0 fully saturated rings. The Morgan fingerprint density at radius 3 is 1.00 bits per heavy atom. The van der Waals surface area contributed by atoms with Crippen molar-refractivity contribution in [1.82, 2.24) is 0 Å². The Morgan fingerprint density at radius 2 is 1.00 bits per heavy atom. The first-order valence-electron chi connectivity index (χ1n) is 4.18. The van der Waals surface area contributed by atoms with Gasteiger partial charge in [0.2, 0.25) is 0 Å². The molecule has 0 N–H and O–H groups in total. The van der Waals surface area contributed by atoms with E-state index in [2.05, 4.69) is 23.3 Å². The number of esters is 2. The second-order valence-corrected chi connectivity index (χ2v) is 2.85. The van der Waals surface area contributed by atoms with Crippen LogP contribution in [0.4, 0.5) is 0 Å². The van der Waals surface area contributed by atoms with Crippen LogP contribution in [0.5, 0.6) is 0 Å². The number of rotatable bonds is 2. The van der Waals surface area contributed by atoms with Gasteiger partial charge in [0, 0.05) is 0 Å². The molecule has 0 rings (SSSR count). The molecule has 0 aromatic heterocycles. The molecular weight excluding hydrogens is 475 g/mol. The molecular formula is C10H18Br2O4Zn2. The summed E-state index contributed by atoms with van der Waals surface area (Å²) in [4.78, 5) is 20.5. The number of halogens is 2. The van der Waals surface area contributed by atoms with E-state index in [1.807, 2.05) is 0 Å². The fourth-order valence-corrected chi connectivity index (χ4v) is 0.402. The molecule has 18 heavy (non-hydrogen) atoms. The molecule has 0 heterocycles. The van der Waals surface area contributed by atoms with Gasteiger partial charge in [-0.2, -0.15) is 0 Å². The molecule has 1 unspecified atom stereocenters. The predicted octanol–water partition coefficient (Wildman–Crippen LogP) is -4.74. The smallest absolute Gasteiger partial charge is 1.00 e. The molecule has 0 aliphatic rings. The first kappa shape index (κ1) is 36.5. The third kappa shape index (κ3) is 25.9. The summed E-state index contributed by atoms with van der Waals surface area (Å²) in [6.07, 6.45) is 0. The van der Waals surface area contributed by atoms with E-state index in [9.17, 15) is 9.59 Å². The number of methoxy groups -OCH3 is 2. The molecule has 0 saturated heterocycles. The van der Waals surface area contributed by atoms with Crippen LogP contribution in [-0.4, -0.2) is 26.2 Å². The van der Waals surface area contributed by atoms with Gasteiger partial charge in [0.1, 0.15) is 0 Å². The molecule has 0 spiro atoms. The normalized spacial score (nSPS) is 10.1. The fourth-order valence-electron chi connectivity index (χ4n) is 0.402. The molecule has 0 saturated carbocycles. The van der Waals surface area contributed by atoms with Gasteiger partial charge >= 0.3 is 39.0 Å². The first-order valence-corrected chi connectivity index (χ1v) is 4.18. The fraction of sp³-hybridized carbons (Fsp3) is 0.600. The molecule has 8 heteroatoms. The summed E-state index contributed by atoms with van der Waals surface area (Å²) >= 11 is 0. The molecule has 0 bridgehead atoms. The van der Waals surface area contributed by atoms with Crippen LogP contribution in [0.25, 0.3) is 0 Å². The Balaban J connectivity index is -0.0000000327. The maximum atomic E-state index is 10.2. The van der Waals surface area contributed by atoms with Crippen molar-refractivity contribution < 1.29 is 92.0 Å². The second kappa shape index (κ2) is 23.3. The minimum Gasteiger partial charge on any atom is -1.00 e. The Hall–Kier alpha value is 1.15. The largest absolute Gasteiger partial charge is 2.00 e. The van der Waals surface area contributed by atoms with Gasteiger partial charge in [-0.15, -0.1) is 0 Å². The summed E-state index contributed by atoms with van der Waals surface area (Å²) < 4.78 is 8.62. The maximum Gasteiger partial charge on any atom is 2.00 e. The van der Waals surface area contributed by atoms with Crippen LogP contribution >= 0.6 is 0 Å². The predicted molar refractivity (Wildman–Crippen MR) is 53.1 cm³/mol. The van der Waals surface area contributed by atoms with Gasteiger partial charge in [0.25, 0.3) is 11.9 Å². The SMILES string of the molecule is [Br-].[Br-].[CH2-]C(C)C(=O)OC.[CH2-][C@H](C)C(=O)OC.[Zn+2].[Zn+2]. The van der Waals surface area contributed by atoms with Gasteiger partial charge in [-0.1, -0.05) is 25.7 Å². The van der Waals surface area contributed by atoms with Crippen LogP contribution in [0.2, 0.25) is 0 Å². The molecule has 0 amide bonds. The number of carbonyl (C=O) groups excluding carboxylic acids is 2. The third-order valence-corrected chi connectivity index (χ3v) is 1.21. The van der Waals surface area contributed by atoms with Crippen molar-refractivity contribution in [3.8, 4) is 0 Å². The van der Waals surface area contributed by atoms with Crippen LogP contribution in [0.3, 0.4) is 0 Å². The van der Waals surface area contributed by atoms with E-state index in [-0.39, 0.29) is 96.7 Å². The van der Waals surface area contributed by atoms with Gasteiger partial charge in [-0.25, -0.2) is 0 Å². The van der Waals surface area contributed by atoms with Crippen LogP contribution in [-0.2, 0) is 58.0 Å². The zero-order valence-corrected chi connectivity index (χ0v) is 20.5. The zero-order chi connectivity index (χ0) is 11.7. The van der Waals surface area contributed by atoms with Gasteiger partial charge < -0.3 is 57.3 Å². The quantitative estimate of drug-likeness (QED) is 0.221. The molecule has 4 nitrogen and oxygen atoms in total. The van der Waals surface area contributed by atoms with Crippen molar-refractivity contribution >= 4 is 11.9 Å². The van der Waals surface area contributed by atoms with Crippen LogP contribution < -0.4 is 34.0 Å². The molecule has 0 aliphatic heterocycles. The molecule has 0 radical (unpaired) electrons. The maximum absolute atomic E-state index is 10.2. The summed E-state index contributed by atoms with van der Waals surface area (Å²) in [6, 6.07) is 0. The third-order valence-electron chi connectivity index (χ3n) is 1.21. The first-order chi connectivity index (χ1) is 6.36. The molecule has 100 valence electrons. The number of hydrogen-bond donors (Lipinski definition) is 0. The monoisotopic (exact) mass is 488 g/mol. The van der Waals surface area contributed by atoms with E-state index in [1.54, 1.807) is 13.8 Å². The van der Waals surface area contributed by atoms with E-state index in [0.717, 1.165) is 0 Å². The number of carbonyl (C=O) groups is 2. The van der Waals surface area contributed by atoms with Crippen molar-refractivity contribution in [3.63, 3.8) is 0 Å². The minimum absolute atomic E-state index is 0. The van der Waals surface area contributed by atoms with E-state index in [4.69, 9.17) is 0 Å². The summed E-state index contributed by atoms with van der Waals surface area (Å²) in [5.74, 6) is -1.02. The summed E-state index contributed by atoms with van der Waals surface area (Å²) in [7, 11) is 2.70. The van der Waals surface area contributed by atoms with Crippen LogP contribution in [0.15, 0.2) is 0 Å². The number of ether oxygens (including phenoxy) is 2. The molecule has 0 aromatic rings. The van der Waals surface area contributed by atoms with Gasteiger partial charge in [0.15, 0.2) is 0 Å². The van der Waals surface area contributed by atoms with Crippen LogP contribution in [0.1, 0.15) is 13.8 Å². The van der Waals surface area contributed by atoms with Crippen molar-refractivity contribution in [2.75, 3.05) is 14.2 Å². The van der Waals surface area contributed by atoms with E-state index in [1.165, 1.54) is 14.2 Å². The summed E-state index contributed by atoms with van der Waals surface area (Å²) in [6.45, 7) is 10.2. The average Bonchev–Trinajstić information content (AvgIpc) is 2.15. The van der Waals surface area contributed by atoms with Gasteiger partial charge in [-0.05, 0) is 0 Å². The Labute approximate surface area is 156 Å². The van der Waals surface area contributed by atoms with Gasteiger partial charge in [0.05, 0.1) is 14.2 Å². The topological polar surface area (TPSA) is 52.6 Å². The Morgan fingerprint density at radius 1 is 0.833 bits per heavy atom. The second-order valence-electron chi connectivity index (χ2n) is 2.85. The molecule has 2 atom stereocenters. The zero-order valence-electron chi connectivity index (χ0n) is 11.4. The number of hydrogen-bond acceptors (Lipinski definition) is 4. The summed E-state index contributed by atoms with van der Waals surface area (Å²) in [5.41, 5.74) is 0. The van der Waals surface area contributed by atoms with Crippen LogP contribution in [0, 0.1) is 25.7 Å². The summed E-state index contributed by atoms with van der Waals surface area (Å²) in [5, 5.41) is 0. The minimum atomic E-state index is -0.264. The van der Waals surface area contributed by atoms with Crippen molar-refractivity contribution in [2.24, 2.45) is 11.8 Å². The van der Waals surface area contributed by atoms with E-state index < -0.39 is 0 Å². The molecule has 0 aliphatic carbocycles. The van der Waals surface area contributed by atoms with E-state index in [0.29, 0.717) is 0 Å². The van der Waals surface area contributed by atoms with Gasteiger partial charge in [-0.3, -0.25) is 9.59 Å². The Kier molecular flexibility index (Phi) is 47.1. The van der Waals surface area contributed by atoms with E-state index >= 15 is 0 Å². The van der Waals surface area contributed by atoms with Crippen molar-refractivity contribution in [2.45, 2.75) is 13.8 Å². The Bertz CT molecular complexity index is 171. The van der Waals surface area contributed by atoms with Crippen molar-refractivity contribution in [1.29, 1.82) is 0 Å². The average molecular weight is 493 g/mol. The standard InChI is InChI=1S/2C5H9O2.2BrH.2Zn/c2*1-4(2)5(6)7-3;;;;/h2*4H,1H2,2-3H3;2*1H;;/q2*-1;;;2*+2/p-2/t4-;;;;;/m1...../s1.